The van der Waals surface area contributed by atoms with Crippen molar-refractivity contribution in [1.82, 2.24) is 0 Å². The van der Waals surface area contributed by atoms with E-state index in [1.807, 2.05) is 27.7 Å². The zero-order valence-electron chi connectivity index (χ0n) is 16.2. The molecule has 0 saturated carbocycles. The largest absolute Gasteiger partial charge is 0.300 e. The summed E-state index contributed by atoms with van der Waals surface area (Å²) in [7, 11) is 0. The topological polar surface area (TPSA) is 68.3 Å². The minimum Gasteiger partial charge on any atom is -0.300 e. The van der Waals surface area contributed by atoms with Gasteiger partial charge in [0.05, 0.1) is 0 Å². The summed E-state index contributed by atoms with van der Waals surface area (Å²) in [5, 5.41) is 0. The molecule has 0 aliphatic heterocycles. The third-order valence-electron chi connectivity index (χ3n) is 1.99. The van der Waals surface area contributed by atoms with Crippen molar-refractivity contribution in [2.24, 2.45) is 0 Å². The molecule has 4 nitrogen and oxygen atoms in total. The fourth-order valence-corrected chi connectivity index (χ4v) is 0. The van der Waals surface area contributed by atoms with Gasteiger partial charge < -0.3 is 19.2 Å². The van der Waals surface area contributed by atoms with Crippen LogP contribution in [-0.4, -0.2) is 23.1 Å². The van der Waals surface area contributed by atoms with Crippen LogP contribution in [0.5, 0.6) is 0 Å². The molecule has 0 unspecified atom stereocenters. The zero-order chi connectivity index (χ0) is 17.1. The van der Waals surface area contributed by atoms with Gasteiger partial charge >= 0.3 is 0 Å². The molecule has 0 rings (SSSR count). The van der Waals surface area contributed by atoms with Gasteiger partial charge in [0.25, 0.3) is 0 Å². The predicted octanol–water partition coefficient (Wildman–Crippen LogP) is 4.43. The van der Waals surface area contributed by atoms with Crippen molar-refractivity contribution >= 4 is 23.1 Å². The Kier molecular flexibility index (Phi) is 118. The van der Waals surface area contributed by atoms with E-state index < -0.39 is 0 Å². The quantitative estimate of drug-likeness (QED) is 0.583. The molecular formula is C16H36Ar5O4. The number of ketones is 4. The molecule has 0 saturated heterocycles. The Labute approximate surface area is 307 Å². The van der Waals surface area contributed by atoms with Crippen LogP contribution < -0.4 is 0 Å². The van der Waals surface area contributed by atoms with E-state index >= 15 is 0 Å². The summed E-state index contributed by atoms with van der Waals surface area (Å²) in [4.78, 5) is 39.2. The second-order valence-electron chi connectivity index (χ2n) is 4.22. The molecule has 0 aromatic carbocycles. The summed E-state index contributed by atoms with van der Waals surface area (Å²) in [5.74, 6) is 1.02. The van der Waals surface area contributed by atoms with Crippen LogP contribution in [0.3, 0.4) is 0 Å². The van der Waals surface area contributed by atoms with Gasteiger partial charge in [-0.05, 0) is 27.7 Å². The molecule has 0 aromatic heterocycles. The Morgan fingerprint density at radius 1 is 0.440 bits per heavy atom. The van der Waals surface area contributed by atoms with E-state index in [0.717, 1.165) is 0 Å². The van der Waals surface area contributed by atoms with Crippen LogP contribution in [0, 0.1) is 189 Å². The third kappa shape index (κ3) is 125. The van der Waals surface area contributed by atoms with Crippen LogP contribution in [0.4, 0.5) is 0 Å². The number of hydrogen-bond acceptors (Lipinski definition) is 4. The molecule has 0 heterocycles. The minimum atomic E-state index is 0. The summed E-state index contributed by atoms with van der Waals surface area (Å²) in [6.07, 6.45) is 2.67. The molecule has 0 aliphatic rings. The van der Waals surface area contributed by atoms with Crippen LogP contribution in [0.15, 0.2) is 0 Å². The molecule has 0 amide bonds. The number of rotatable bonds is 4. The van der Waals surface area contributed by atoms with Gasteiger partial charge in [-0.1, -0.05) is 27.7 Å². The van der Waals surface area contributed by atoms with Crippen LogP contribution in [-0.2, 0) is 19.2 Å². The van der Waals surface area contributed by atoms with Crippen molar-refractivity contribution in [2.45, 2.75) is 81.1 Å². The normalized spacial score (nSPS) is 6.08. The summed E-state index contributed by atoms with van der Waals surface area (Å²) >= 11 is 0. The molecule has 9 heteroatoms. The van der Waals surface area contributed by atoms with Crippen LogP contribution in [0.2, 0.25) is 0 Å². The van der Waals surface area contributed by atoms with E-state index in [0.29, 0.717) is 25.7 Å². The first kappa shape index (κ1) is 57.2. The molecule has 0 N–H and O–H groups in total. The van der Waals surface area contributed by atoms with E-state index in [-0.39, 0.29) is 215 Å². The van der Waals surface area contributed by atoms with E-state index in [9.17, 15) is 19.2 Å². The maximum Gasteiger partial charge on any atom is 0.129 e. The van der Waals surface area contributed by atoms with Gasteiger partial charge in [-0.15, -0.1) is 0 Å². The molecule has 0 radical (unpaired) electrons. The van der Waals surface area contributed by atoms with Crippen LogP contribution in [0.25, 0.3) is 0 Å². The Hall–Kier alpha value is 4.98. The first-order chi connectivity index (χ1) is 9.08. The molecule has 0 aromatic rings. The zero-order valence-corrected chi connectivity index (χ0v) is 19.8. The fourth-order valence-electron chi connectivity index (χ4n) is 0. The first-order valence-electron chi connectivity index (χ1n) is 7.06. The number of hydrogen-bond donors (Lipinski definition) is 0. The average Bonchev–Trinajstić information content (AvgIpc) is 2.40. The number of carbonyl (C=O) groups is 4. The van der Waals surface area contributed by atoms with Crippen molar-refractivity contribution in [3.63, 3.8) is 0 Å². The van der Waals surface area contributed by atoms with Crippen molar-refractivity contribution < 1.29 is 211 Å². The SMILES string of the molecule is CCC(C)=O.CCC(C)=O.CCC(C)=O.CCC(C)=O.[Ar].[Ar].[Ar].[Ar].[Ar].[HH].[HH]. The third-order valence-corrected chi connectivity index (χ3v) is 1.99. The van der Waals surface area contributed by atoms with E-state index in [1.54, 1.807) is 27.7 Å². The first-order valence-corrected chi connectivity index (χ1v) is 7.06. The van der Waals surface area contributed by atoms with Crippen molar-refractivity contribution in [2.75, 3.05) is 0 Å². The fraction of sp³-hybridized carbons (Fsp3) is 0.750. The van der Waals surface area contributed by atoms with Gasteiger partial charge in [-0.25, -0.2) is 0 Å². The molecule has 0 spiro atoms. The maximum atomic E-state index is 9.81. The molecule has 0 atom stereocenters. The standard InChI is InChI=1S/4C4H8O.5Ar.2H2/c4*1-3-4(2)5;;;;;;;/h4*3H2,1-2H3;;;;;;2*1H. The Morgan fingerprint density at radius 3 is 0.480 bits per heavy atom. The van der Waals surface area contributed by atoms with Gasteiger partial charge in [0.2, 0.25) is 0 Å². The van der Waals surface area contributed by atoms with Crippen LogP contribution >= 0.6 is 0 Å². The molecular weight excluding hydrogens is 456 g/mol. The second-order valence-corrected chi connectivity index (χ2v) is 4.22. The molecule has 0 fully saturated rings. The smallest absolute Gasteiger partial charge is 0.129 e. The number of Topliss-reactive ketones (excluding diaryl/α,β-unsaturated/α-hetero) is 4. The molecule has 25 heavy (non-hydrogen) atoms. The van der Waals surface area contributed by atoms with Gasteiger partial charge in [-0.2, -0.15) is 0 Å². The Balaban J connectivity index is -0.0000000129. The van der Waals surface area contributed by atoms with Gasteiger partial charge in [0.1, 0.15) is 23.1 Å². The summed E-state index contributed by atoms with van der Waals surface area (Å²) in [5.41, 5.74) is 0. The molecule has 164 valence electrons. The predicted molar refractivity (Wildman–Crippen MR) is 88.1 cm³/mol. The van der Waals surface area contributed by atoms with Crippen molar-refractivity contribution in [3.05, 3.63) is 0 Å². The minimum absolute atomic E-state index is 0. The molecule has 0 bridgehead atoms. The monoisotopic (exact) mass is 492 g/mol. The van der Waals surface area contributed by atoms with Gasteiger partial charge in [-0.3, -0.25) is 0 Å². The van der Waals surface area contributed by atoms with Crippen molar-refractivity contribution in [1.29, 1.82) is 0 Å². The van der Waals surface area contributed by atoms with E-state index in [1.165, 1.54) is 0 Å². The summed E-state index contributed by atoms with van der Waals surface area (Å²) in [6, 6.07) is 0. The second kappa shape index (κ2) is 51.5. The van der Waals surface area contributed by atoms with E-state index in [4.69, 9.17) is 0 Å². The van der Waals surface area contributed by atoms with Gasteiger partial charge in [0.15, 0.2) is 0 Å². The molecule has 0 aliphatic carbocycles. The average molecular weight is 492 g/mol. The van der Waals surface area contributed by atoms with E-state index in [2.05, 4.69) is 0 Å². The number of carbonyl (C=O) groups excluding carboxylic acids is 4. The van der Waals surface area contributed by atoms with Gasteiger partial charge in [0, 0.05) is 217 Å². The maximum absolute atomic E-state index is 9.81. The summed E-state index contributed by atoms with van der Waals surface area (Å²) in [6.45, 7) is 13.7. The Bertz CT molecular complexity index is 240. The summed E-state index contributed by atoms with van der Waals surface area (Å²) < 4.78 is 0. The van der Waals surface area contributed by atoms with Crippen molar-refractivity contribution in [3.8, 4) is 0 Å². The van der Waals surface area contributed by atoms with Crippen LogP contribution in [0.1, 0.15) is 83.9 Å². The Morgan fingerprint density at radius 2 is 0.480 bits per heavy atom.